The van der Waals surface area contributed by atoms with E-state index in [2.05, 4.69) is 15.3 Å². The predicted molar refractivity (Wildman–Crippen MR) is 126 cm³/mol. The molecular weight excluding hydrogens is 442 g/mol. The zero-order valence-electron chi connectivity index (χ0n) is 17.9. The Balaban J connectivity index is 0.00000324. The van der Waals surface area contributed by atoms with Gasteiger partial charge in [-0.15, -0.1) is 0 Å². The summed E-state index contributed by atoms with van der Waals surface area (Å²) in [6.45, 7) is 1.85. The maximum Gasteiger partial charge on any atom is 0.337 e. The molecule has 2 aromatic heterocycles. The number of nitrogens with zero attached hydrogens (tertiary/aromatic N) is 3. The molecule has 2 heterocycles. The fourth-order valence-electron chi connectivity index (χ4n) is 3.48. The Kier molecular flexibility index (Phi) is 7.35. The number of hydrogen-bond acceptors (Lipinski definition) is 6. The van der Waals surface area contributed by atoms with Crippen LogP contribution in [0.3, 0.4) is 0 Å². The highest BCUT2D eigenvalue weighted by atomic mass is 19.1. The highest BCUT2D eigenvalue weighted by Gasteiger charge is 2.13. The van der Waals surface area contributed by atoms with Crippen molar-refractivity contribution in [3.63, 3.8) is 0 Å². The van der Waals surface area contributed by atoms with Crippen LogP contribution in [0.1, 0.15) is 41.9 Å². The third-order valence-electron chi connectivity index (χ3n) is 5.16. The molecule has 34 heavy (non-hydrogen) atoms. The summed E-state index contributed by atoms with van der Waals surface area (Å²) in [5, 5.41) is 3.77. The molecule has 0 saturated heterocycles. The SMILES string of the molecule is C.COC(=O)c1ccc([C@H](C)Nc2ncc3ccc(=O)n(Cc4cc(F)cc(F)c4)c3n2)cc1. The molecule has 0 bridgehead atoms. The average molecular weight is 466 g/mol. The largest absolute Gasteiger partial charge is 0.465 e. The van der Waals surface area contributed by atoms with Crippen LogP contribution in [0.15, 0.2) is 65.6 Å². The fraction of sp³-hybridized carbons (Fsp3) is 0.200. The summed E-state index contributed by atoms with van der Waals surface area (Å²) >= 11 is 0. The molecule has 0 saturated carbocycles. The number of carbonyl (C=O) groups excluding carboxylic acids is 1. The summed E-state index contributed by atoms with van der Waals surface area (Å²) in [4.78, 5) is 32.9. The molecule has 0 aliphatic rings. The first-order chi connectivity index (χ1) is 15.8. The molecular formula is C25H24F2N4O3. The minimum Gasteiger partial charge on any atom is -0.465 e. The van der Waals surface area contributed by atoms with Gasteiger partial charge < -0.3 is 10.1 Å². The number of carbonyl (C=O) groups is 1. The van der Waals surface area contributed by atoms with Gasteiger partial charge >= 0.3 is 5.97 Å². The van der Waals surface area contributed by atoms with Crippen LogP contribution in [0.4, 0.5) is 14.7 Å². The van der Waals surface area contributed by atoms with Gasteiger partial charge in [-0.05, 0) is 48.4 Å². The molecule has 0 radical (unpaired) electrons. The molecule has 4 rings (SSSR count). The van der Waals surface area contributed by atoms with Crippen molar-refractivity contribution in [2.24, 2.45) is 0 Å². The number of halogens is 2. The maximum absolute atomic E-state index is 13.6. The lowest BCUT2D eigenvalue weighted by Gasteiger charge is -2.16. The molecule has 0 aliphatic carbocycles. The van der Waals surface area contributed by atoms with Crippen molar-refractivity contribution >= 4 is 23.0 Å². The first-order valence-corrected chi connectivity index (χ1v) is 10.1. The molecule has 7 nitrogen and oxygen atoms in total. The lowest BCUT2D eigenvalue weighted by Crippen LogP contribution is -2.21. The Bertz CT molecular complexity index is 1370. The zero-order chi connectivity index (χ0) is 23.5. The average Bonchev–Trinajstić information content (AvgIpc) is 2.80. The third kappa shape index (κ3) is 5.25. The second-order valence-corrected chi connectivity index (χ2v) is 7.49. The van der Waals surface area contributed by atoms with Crippen molar-refractivity contribution in [1.29, 1.82) is 0 Å². The fourth-order valence-corrected chi connectivity index (χ4v) is 3.48. The van der Waals surface area contributed by atoms with Crippen LogP contribution < -0.4 is 10.9 Å². The van der Waals surface area contributed by atoms with Crippen LogP contribution in [-0.2, 0) is 11.3 Å². The molecule has 9 heteroatoms. The van der Waals surface area contributed by atoms with Gasteiger partial charge in [0.15, 0.2) is 0 Å². The molecule has 4 aromatic rings. The molecule has 0 amide bonds. The number of fused-ring (bicyclic) bond motifs is 1. The summed E-state index contributed by atoms with van der Waals surface area (Å²) in [5.74, 6) is -1.59. The highest BCUT2D eigenvalue weighted by molar-refractivity contribution is 5.89. The third-order valence-corrected chi connectivity index (χ3v) is 5.16. The van der Waals surface area contributed by atoms with Gasteiger partial charge in [-0.25, -0.2) is 18.6 Å². The monoisotopic (exact) mass is 466 g/mol. The minimum absolute atomic E-state index is 0. The van der Waals surface area contributed by atoms with E-state index in [1.54, 1.807) is 36.5 Å². The van der Waals surface area contributed by atoms with Gasteiger partial charge in [-0.2, -0.15) is 4.98 Å². The van der Waals surface area contributed by atoms with Gasteiger partial charge in [0.1, 0.15) is 17.3 Å². The summed E-state index contributed by atoms with van der Waals surface area (Å²) in [5.41, 5.74) is 1.59. The van der Waals surface area contributed by atoms with E-state index in [-0.39, 0.29) is 31.5 Å². The van der Waals surface area contributed by atoms with Crippen LogP contribution in [-0.4, -0.2) is 27.6 Å². The molecule has 176 valence electrons. The number of ether oxygens (including phenoxy) is 1. The number of anilines is 1. The molecule has 0 aliphatic heterocycles. The van der Waals surface area contributed by atoms with Crippen LogP contribution in [0.25, 0.3) is 11.0 Å². The Morgan fingerprint density at radius 1 is 1.09 bits per heavy atom. The topological polar surface area (TPSA) is 86.1 Å². The van der Waals surface area contributed by atoms with Gasteiger partial charge in [-0.3, -0.25) is 9.36 Å². The summed E-state index contributed by atoms with van der Waals surface area (Å²) in [6.07, 6.45) is 1.57. The van der Waals surface area contributed by atoms with E-state index in [0.29, 0.717) is 22.2 Å². The number of rotatable bonds is 6. The van der Waals surface area contributed by atoms with Crippen molar-refractivity contribution in [1.82, 2.24) is 14.5 Å². The first-order valence-electron chi connectivity index (χ1n) is 10.1. The number of hydrogen-bond donors (Lipinski definition) is 1. The lowest BCUT2D eigenvalue weighted by molar-refractivity contribution is 0.0600. The number of benzene rings is 2. The van der Waals surface area contributed by atoms with E-state index in [1.807, 2.05) is 6.92 Å². The van der Waals surface area contributed by atoms with Crippen LogP contribution in [0, 0.1) is 11.6 Å². The van der Waals surface area contributed by atoms with E-state index >= 15 is 0 Å². The van der Waals surface area contributed by atoms with Crippen LogP contribution >= 0.6 is 0 Å². The van der Waals surface area contributed by atoms with E-state index in [9.17, 15) is 18.4 Å². The minimum atomic E-state index is -0.720. The van der Waals surface area contributed by atoms with E-state index in [4.69, 9.17) is 4.74 Å². The standard InChI is InChI=1S/C24H20F2N4O3.CH4/c1-14(16-3-5-17(6-4-16)23(32)33-2)28-24-27-12-18-7-8-21(31)30(22(18)29-24)13-15-9-19(25)11-20(26)10-15;/h3-12,14H,13H2,1-2H3,(H,27,28,29);1H4/t14-;/m0./s1. The normalized spacial score (nSPS) is 11.5. The van der Waals surface area contributed by atoms with Crippen molar-refractivity contribution in [3.8, 4) is 0 Å². The number of nitrogens with one attached hydrogen (secondary N) is 1. The zero-order valence-corrected chi connectivity index (χ0v) is 17.9. The predicted octanol–water partition coefficient (Wildman–Crippen LogP) is 4.71. The second kappa shape index (κ2) is 10.2. The van der Waals surface area contributed by atoms with Gasteiger partial charge in [-0.1, -0.05) is 19.6 Å². The van der Waals surface area contributed by atoms with Crippen molar-refractivity contribution < 1.29 is 18.3 Å². The number of esters is 1. The highest BCUT2D eigenvalue weighted by Crippen LogP contribution is 2.20. The Morgan fingerprint density at radius 3 is 2.41 bits per heavy atom. The van der Waals surface area contributed by atoms with Gasteiger partial charge in [0.25, 0.3) is 5.56 Å². The van der Waals surface area contributed by atoms with Gasteiger partial charge in [0.2, 0.25) is 5.95 Å². The van der Waals surface area contributed by atoms with E-state index < -0.39 is 17.6 Å². The van der Waals surface area contributed by atoms with Crippen molar-refractivity contribution in [3.05, 3.63) is 99.5 Å². The first kappa shape index (κ1) is 24.5. The second-order valence-electron chi connectivity index (χ2n) is 7.49. The molecule has 1 N–H and O–H groups in total. The number of aromatic nitrogens is 3. The van der Waals surface area contributed by atoms with E-state index in [0.717, 1.165) is 11.6 Å². The summed E-state index contributed by atoms with van der Waals surface area (Å²) in [6, 6.07) is 12.8. The quantitative estimate of drug-likeness (QED) is 0.414. The molecule has 0 fully saturated rings. The van der Waals surface area contributed by atoms with Gasteiger partial charge in [0, 0.05) is 23.7 Å². The smallest absolute Gasteiger partial charge is 0.337 e. The van der Waals surface area contributed by atoms with E-state index in [1.165, 1.54) is 29.9 Å². The Hall–Kier alpha value is -4.14. The number of pyridine rings is 1. The van der Waals surface area contributed by atoms with Crippen molar-refractivity contribution in [2.75, 3.05) is 12.4 Å². The summed E-state index contributed by atoms with van der Waals surface area (Å²) in [7, 11) is 1.32. The molecule has 0 spiro atoms. The van der Waals surface area contributed by atoms with Gasteiger partial charge in [0.05, 0.1) is 25.3 Å². The molecule has 2 aromatic carbocycles. The van der Waals surface area contributed by atoms with Crippen molar-refractivity contribution in [2.45, 2.75) is 26.9 Å². The molecule has 1 atom stereocenters. The number of methoxy groups -OCH3 is 1. The van der Waals surface area contributed by atoms with Crippen LogP contribution in [0.2, 0.25) is 0 Å². The Labute approximate surface area is 195 Å². The molecule has 0 unspecified atom stereocenters. The van der Waals surface area contributed by atoms with Crippen LogP contribution in [0.5, 0.6) is 0 Å². The maximum atomic E-state index is 13.6. The Morgan fingerprint density at radius 2 is 1.76 bits per heavy atom. The summed E-state index contributed by atoms with van der Waals surface area (Å²) < 4.78 is 33.3. The lowest BCUT2D eigenvalue weighted by atomic mass is 10.1.